The second kappa shape index (κ2) is 8.32. The highest BCUT2D eigenvalue weighted by Crippen LogP contribution is 2.14. The van der Waals surface area contributed by atoms with Gasteiger partial charge in [-0.05, 0) is 51.6 Å². The molecule has 1 aliphatic rings. The first kappa shape index (κ1) is 14.3. The lowest BCUT2D eigenvalue weighted by Gasteiger charge is -2.27. The molecule has 0 aliphatic carbocycles. The Morgan fingerprint density at radius 2 is 2.19 bits per heavy atom. The zero-order chi connectivity index (χ0) is 11.8. The summed E-state index contributed by atoms with van der Waals surface area (Å²) in [6, 6.07) is 0. The van der Waals surface area contributed by atoms with Crippen LogP contribution in [0.3, 0.4) is 0 Å². The molecule has 2 nitrogen and oxygen atoms in total. The lowest BCUT2D eigenvalue weighted by molar-refractivity contribution is -0.00200. The van der Waals surface area contributed by atoms with Crippen LogP contribution in [-0.2, 0) is 4.74 Å². The van der Waals surface area contributed by atoms with Crippen LogP contribution in [0.25, 0.3) is 0 Å². The summed E-state index contributed by atoms with van der Waals surface area (Å²) in [5, 5.41) is 0. The predicted octanol–water partition coefficient (Wildman–Crippen LogP) is 3.14. The number of rotatable bonds is 7. The van der Waals surface area contributed by atoms with Crippen LogP contribution in [0.5, 0.6) is 0 Å². The second-order valence-electron chi connectivity index (χ2n) is 5.12. The van der Waals surface area contributed by atoms with Gasteiger partial charge in [-0.25, -0.2) is 0 Å². The molecular formula is C13H26ClNO. The highest BCUT2D eigenvalue weighted by atomic mass is 35.5. The zero-order valence-corrected chi connectivity index (χ0v) is 11.5. The maximum absolute atomic E-state index is 5.74. The Labute approximate surface area is 105 Å². The second-order valence-corrected chi connectivity index (χ2v) is 5.50. The van der Waals surface area contributed by atoms with Gasteiger partial charge in [-0.3, -0.25) is 0 Å². The van der Waals surface area contributed by atoms with Gasteiger partial charge in [0.15, 0.2) is 0 Å². The maximum atomic E-state index is 5.74. The Balaban J connectivity index is 2.07. The molecule has 1 fully saturated rings. The smallest absolute Gasteiger partial charge is 0.0701 e. The highest BCUT2D eigenvalue weighted by molar-refractivity contribution is 6.17. The minimum atomic E-state index is 0.474. The molecule has 0 saturated carbocycles. The third-order valence-corrected chi connectivity index (χ3v) is 3.61. The Morgan fingerprint density at radius 1 is 1.38 bits per heavy atom. The lowest BCUT2D eigenvalue weighted by atomic mass is 10.0. The van der Waals surface area contributed by atoms with Crippen molar-refractivity contribution in [3.8, 4) is 0 Å². The standard InChI is InChI=1S/C13H26ClNO/c1-12(6-8-14)7-9-15(2)11-13-5-3-4-10-16-13/h12-13H,3-11H2,1-2H3. The molecule has 2 unspecified atom stereocenters. The van der Waals surface area contributed by atoms with Crippen LogP contribution >= 0.6 is 11.6 Å². The van der Waals surface area contributed by atoms with Crippen molar-refractivity contribution in [3.63, 3.8) is 0 Å². The van der Waals surface area contributed by atoms with E-state index in [1.165, 1.54) is 25.7 Å². The summed E-state index contributed by atoms with van der Waals surface area (Å²) in [6.07, 6.45) is 6.67. The van der Waals surface area contributed by atoms with Gasteiger partial charge in [0.05, 0.1) is 6.10 Å². The van der Waals surface area contributed by atoms with Crippen molar-refractivity contribution in [2.24, 2.45) is 5.92 Å². The molecule has 16 heavy (non-hydrogen) atoms. The predicted molar refractivity (Wildman–Crippen MR) is 70.2 cm³/mol. The first-order valence-corrected chi connectivity index (χ1v) is 7.12. The first-order chi connectivity index (χ1) is 7.72. The first-order valence-electron chi connectivity index (χ1n) is 6.58. The molecular weight excluding hydrogens is 222 g/mol. The van der Waals surface area contributed by atoms with Crippen LogP contribution in [-0.4, -0.2) is 43.6 Å². The lowest BCUT2D eigenvalue weighted by Crippen LogP contribution is -2.34. The number of hydrogen-bond acceptors (Lipinski definition) is 2. The molecule has 1 heterocycles. The Hall–Kier alpha value is 0.210. The molecule has 2 atom stereocenters. The molecule has 1 aliphatic heterocycles. The topological polar surface area (TPSA) is 12.5 Å². The summed E-state index contributed by atoms with van der Waals surface area (Å²) in [4.78, 5) is 2.40. The fourth-order valence-corrected chi connectivity index (χ4v) is 2.53. The van der Waals surface area contributed by atoms with E-state index in [-0.39, 0.29) is 0 Å². The van der Waals surface area contributed by atoms with Crippen LogP contribution in [0.4, 0.5) is 0 Å². The quantitative estimate of drug-likeness (QED) is 0.641. The zero-order valence-electron chi connectivity index (χ0n) is 10.8. The third kappa shape index (κ3) is 6.07. The van der Waals surface area contributed by atoms with Gasteiger partial charge in [-0.15, -0.1) is 11.6 Å². The Morgan fingerprint density at radius 3 is 2.81 bits per heavy atom. The summed E-state index contributed by atoms with van der Waals surface area (Å²) in [5.41, 5.74) is 0. The molecule has 3 heteroatoms. The third-order valence-electron chi connectivity index (χ3n) is 3.39. The van der Waals surface area contributed by atoms with Crippen LogP contribution in [0.2, 0.25) is 0 Å². The number of nitrogens with zero attached hydrogens (tertiary/aromatic N) is 1. The summed E-state index contributed by atoms with van der Waals surface area (Å²) in [5.74, 6) is 1.53. The van der Waals surface area contributed by atoms with E-state index in [4.69, 9.17) is 16.3 Å². The van der Waals surface area contributed by atoms with Crippen LogP contribution in [0, 0.1) is 5.92 Å². The van der Waals surface area contributed by atoms with Crippen molar-refractivity contribution in [2.75, 3.05) is 32.6 Å². The van der Waals surface area contributed by atoms with Gasteiger partial charge in [-0.2, -0.15) is 0 Å². The molecule has 96 valence electrons. The van der Waals surface area contributed by atoms with Gasteiger partial charge in [-0.1, -0.05) is 6.92 Å². The number of hydrogen-bond donors (Lipinski definition) is 0. The monoisotopic (exact) mass is 247 g/mol. The van der Waals surface area contributed by atoms with Gasteiger partial charge in [0.2, 0.25) is 0 Å². The molecule has 0 aromatic rings. The summed E-state index contributed by atoms with van der Waals surface area (Å²) in [7, 11) is 2.20. The van der Waals surface area contributed by atoms with Crippen molar-refractivity contribution in [1.82, 2.24) is 4.90 Å². The fraction of sp³-hybridized carbons (Fsp3) is 1.00. The van der Waals surface area contributed by atoms with E-state index in [9.17, 15) is 0 Å². The molecule has 0 bridgehead atoms. The molecule has 0 amide bonds. The summed E-state index contributed by atoms with van der Waals surface area (Å²) in [6.45, 7) is 5.50. The van der Waals surface area contributed by atoms with Gasteiger partial charge >= 0.3 is 0 Å². The van der Waals surface area contributed by atoms with Crippen molar-refractivity contribution in [3.05, 3.63) is 0 Å². The molecule has 0 radical (unpaired) electrons. The fourth-order valence-electron chi connectivity index (χ4n) is 2.16. The van der Waals surface area contributed by atoms with E-state index >= 15 is 0 Å². The molecule has 0 aromatic heterocycles. The minimum Gasteiger partial charge on any atom is -0.377 e. The van der Waals surface area contributed by atoms with Crippen LogP contribution in [0.1, 0.15) is 39.0 Å². The van der Waals surface area contributed by atoms with Gasteiger partial charge in [0.25, 0.3) is 0 Å². The normalized spacial score (nSPS) is 23.6. The average Bonchev–Trinajstić information content (AvgIpc) is 2.28. The van der Waals surface area contributed by atoms with Crippen LogP contribution < -0.4 is 0 Å². The minimum absolute atomic E-state index is 0.474. The van der Waals surface area contributed by atoms with E-state index in [2.05, 4.69) is 18.9 Å². The SMILES string of the molecule is CC(CCCl)CCN(C)CC1CCCCO1. The number of ether oxygens (including phenoxy) is 1. The summed E-state index contributed by atoms with van der Waals surface area (Å²) < 4.78 is 5.74. The van der Waals surface area contributed by atoms with E-state index in [1.54, 1.807) is 0 Å². The largest absolute Gasteiger partial charge is 0.377 e. The average molecular weight is 248 g/mol. The molecule has 0 aromatic carbocycles. The van der Waals surface area contributed by atoms with E-state index in [0.717, 1.165) is 37.9 Å². The Bertz CT molecular complexity index is 171. The molecule has 0 N–H and O–H groups in total. The molecule has 0 spiro atoms. The van der Waals surface area contributed by atoms with E-state index < -0.39 is 0 Å². The van der Waals surface area contributed by atoms with Gasteiger partial charge in [0, 0.05) is 19.0 Å². The van der Waals surface area contributed by atoms with Crippen molar-refractivity contribution in [1.29, 1.82) is 0 Å². The molecule has 1 saturated heterocycles. The Kier molecular flexibility index (Phi) is 7.42. The number of likely N-dealkylation sites (N-methyl/N-ethyl adjacent to an activating group) is 1. The van der Waals surface area contributed by atoms with Crippen molar-refractivity contribution < 1.29 is 4.74 Å². The van der Waals surface area contributed by atoms with E-state index in [0.29, 0.717) is 6.10 Å². The number of halogens is 1. The van der Waals surface area contributed by atoms with E-state index in [1.807, 2.05) is 0 Å². The molecule has 1 rings (SSSR count). The van der Waals surface area contributed by atoms with Crippen molar-refractivity contribution >= 4 is 11.6 Å². The van der Waals surface area contributed by atoms with Gasteiger partial charge < -0.3 is 9.64 Å². The highest BCUT2D eigenvalue weighted by Gasteiger charge is 2.15. The van der Waals surface area contributed by atoms with Crippen LogP contribution in [0.15, 0.2) is 0 Å². The summed E-state index contributed by atoms with van der Waals surface area (Å²) >= 11 is 5.73. The number of alkyl halides is 1. The van der Waals surface area contributed by atoms with Crippen molar-refractivity contribution in [2.45, 2.75) is 45.1 Å². The maximum Gasteiger partial charge on any atom is 0.0701 e. The van der Waals surface area contributed by atoms with Gasteiger partial charge in [0.1, 0.15) is 0 Å².